The lowest BCUT2D eigenvalue weighted by atomic mass is 9.89. The number of nitriles is 1. The Labute approximate surface area is 222 Å². The predicted octanol–water partition coefficient (Wildman–Crippen LogP) is 5.85. The summed E-state index contributed by atoms with van der Waals surface area (Å²) in [6.07, 6.45) is -0.0720. The minimum absolute atomic E-state index is 0. The van der Waals surface area contributed by atoms with Crippen molar-refractivity contribution in [2.75, 3.05) is 9.80 Å². The number of amides is 2. The number of aryl methyl sites for hydroxylation is 2. The zero-order chi connectivity index (χ0) is 25.0. The van der Waals surface area contributed by atoms with E-state index in [2.05, 4.69) is 6.92 Å². The van der Waals surface area contributed by atoms with Gasteiger partial charge in [0.15, 0.2) is 0 Å². The van der Waals surface area contributed by atoms with Gasteiger partial charge in [0.25, 0.3) is 0 Å². The molecule has 0 bridgehead atoms. The van der Waals surface area contributed by atoms with E-state index in [4.69, 9.17) is 14.9 Å². The van der Waals surface area contributed by atoms with Crippen LogP contribution in [0.15, 0.2) is 36.4 Å². The fraction of sp³-hybridized carbons (Fsp3) is 0.400. The molecule has 2 atom stereocenters. The Hall–Kier alpha value is -2.93. The van der Waals surface area contributed by atoms with Crippen molar-refractivity contribution in [1.82, 2.24) is 0 Å². The molecule has 1 saturated carbocycles. The minimum Gasteiger partial charge on any atom is -0.289 e. The van der Waals surface area contributed by atoms with E-state index < -0.39 is 17.3 Å². The first-order valence-electron chi connectivity index (χ1n) is 11.0. The molecule has 1 aliphatic heterocycles. The van der Waals surface area contributed by atoms with Crippen molar-refractivity contribution in [3.05, 3.63) is 58.7 Å². The molecule has 0 unspecified atom stereocenters. The highest BCUT2D eigenvalue weighted by Crippen LogP contribution is 2.42. The first-order chi connectivity index (χ1) is 16.2. The lowest BCUT2D eigenvalue weighted by Crippen LogP contribution is -2.40. The van der Waals surface area contributed by atoms with Gasteiger partial charge in [-0.25, -0.2) is 4.79 Å². The number of carbonyl (C=O) groups excluding carboxylic acids is 3. The van der Waals surface area contributed by atoms with Crippen molar-refractivity contribution in [2.24, 2.45) is 0 Å². The highest BCUT2D eigenvalue weighted by molar-refractivity contribution is 7.59. The third kappa shape index (κ3) is 6.06. The van der Waals surface area contributed by atoms with E-state index in [0.29, 0.717) is 0 Å². The third-order valence-electron chi connectivity index (χ3n) is 6.46. The summed E-state index contributed by atoms with van der Waals surface area (Å²) in [5.74, 6) is 0. The van der Waals surface area contributed by atoms with Crippen LogP contribution in [0, 0.1) is 18.3 Å². The second kappa shape index (κ2) is 12.9. The van der Waals surface area contributed by atoms with Gasteiger partial charge in [-0.2, -0.15) is 55.0 Å². The van der Waals surface area contributed by atoms with Crippen LogP contribution >= 0.6 is 27.0 Å². The smallest absolute Gasteiger partial charge is 0.289 e. The Morgan fingerprint density at radius 3 is 1.92 bits per heavy atom. The number of rotatable bonds is 3. The molecule has 4 rings (SSSR count). The fourth-order valence-corrected chi connectivity index (χ4v) is 4.94. The SMILES string of the molecule is CCc1ccc(N2C(=O)N(c3ccc(C#N)c(C(F)(F)F)c3)[C@H]3CCCC[C@@H]32)cc1C.O=C=O.S.S. The molecule has 0 spiro atoms. The fourth-order valence-electron chi connectivity index (χ4n) is 4.94. The topological polar surface area (TPSA) is 81.5 Å². The predicted molar refractivity (Wildman–Crippen MR) is 139 cm³/mol. The maximum absolute atomic E-state index is 13.6. The molecule has 2 amide bonds. The molecule has 2 aromatic carbocycles. The van der Waals surface area contributed by atoms with Crippen LogP contribution < -0.4 is 9.80 Å². The lowest BCUT2D eigenvalue weighted by molar-refractivity contribution is -0.191. The van der Waals surface area contributed by atoms with Gasteiger partial charge in [-0.15, -0.1) is 0 Å². The van der Waals surface area contributed by atoms with Gasteiger partial charge < -0.3 is 0 Å². The molecular weight excluding hydrogens is 511 g/mol. The third-order valence-corrected chi connectivity index (χ3v) is 6.46. The number of alkyl halides is 3. The van der Waals surface area contributed by atoms with Crippen molar-refractivity contribution < 1.29 is 27.6 Å². The van der Waals surface area contributed by atoms with E-state index in [1.807, 2.05) is 25.1 Å². The van der Waals surface area contributed by atoms with Gasteiger partial charge in [-0.05, 0) is 67.6 Å². The number of halogens is 3. The lowest BCUT2D eigenvalue weighted by Gasteiger charge is -2.32. The van der Waals surface area contributed by atoms with Crippen LogP contribution in [0.3, 0.4) is 0 Å². The summed E-state index contributed by atoms with van der Waals surface area (Å²) < 4.78 is 40.6. The first-order valence-corrected chi connectivity index (χ1v) is 11.0. The van der Waals surface area contributed by atoms with Crippen LogP contribution in [0.25, 0.3) is 0 Å². The molecule has 0 N–H and O–H groups in total. The molecule has 194 valence electrons. The Morgan fingerprint density at radius 1 is 0.972 bits per heavy atom. The molecule has 6 nitrogen and oxygen atoms in total. The molecule has 1 aliphatic carbocycles. The molecule has 2 aromatic rings. The minimum atomic E-state index is -4.66. The standard InChI is InChI=1S/C24H24F3N3O.CO2.2H2S/c1-3-16-8-10-18(12-15(16)2)29-21-6-4-5-7-22(21)30(23(29)31)19-11-9-17(14-28)20(13-19)24(25,26)27;2-1-3;;/h8-13,21-22H,3-7H2,1-2H3;;2*1H2/t21-,22-;;;/m0.../s1. The van der Waals surface area contributed by atoms with E-state index in [0.717, 1.165) is 55.5 Å². The quantitative estimate of drug-likeness (QED) is 0.490. The van der Waals surface area contributed by atoms with Crippen molar-refractivity contribution in [3.8, 4) is 6.07 Å². The summed E-state index contributed by atoms with van der Waals surface area (Å²) in [5, 5.41) is 9.10. The summed E-state index contributed by atoms with van der Waals surface area (Å²) in [4.78, 5) is 33.1. The Balaban J connectivity index is 0.00000123. The highest BCUT2D eigenvalue weighted by Gasteiger charge is 2.48. The van der Waals surface area contributed by atoms with Gasteiger partial charge in [0.05, 0.1) is 29.3 Å². The Morgan fingerprint density at radius 2 is 1.47 bits per heavy atom. The molecule has 0 aromatic heterocycles. The van der Waals surface area contributed by atoms with Crippen LogP contribution in [-0.2, 0) is 22.2 Å². The summed E-state index contributed by atoms with van der Waals surface area (Å²) >= 11 is 0. The zero-order valence-corrected chi connectivity index (χ0v) is 21.9. The number of carbonyl (C=O) groups is 1. The van der Waals surface area contributed by atoms with E-state index >= 15 is 0 Å². The number of nitrogens with zero attached hydrogens (tertiary/aromatic N) is 3. The van der Waals surface area contributed by atoms with Gasteiger partial charge in [-0.3, -0.25) is 9.80 Å². The molecule has 2 aliphatic rings. The number of hydrogen-bond donors (Lipinski definition) is 0. The first kappa shape index (κ1) is 31.1. The van der Waals surface area contributed by atoms with Gasteiger partial charge in [-0.1, -0.05) is 25.8 Å². The molecule has 11 heteroatoms. The molecule has 2 fully saturated rings. The average Bonchev–Trinajstić information content (AvgIpc) is 3.10. The Kier molecular flexibility index (Phi) is 11.1. The van der Waals surface area contributed by atoms with E-state index in [-0.39, 0.29) is 56.9 Å². The van der Waals surface area contributed by atoms with Crippen molar-refractivity contribution >= 4 is 50.5 Å². The average molecular weight is 540 g/mol. The van der Waals surface area contributed by atoms with Gasteiger partial charge >= 0.3 is 18.4 Å². The van der Waals surface area contributed by atoms with Crippen molar-refractivity contribution in [1.29, 1.82) is 5.26 Å². The number of anilines is 2. The van der Waals surface area contributed by atoms with E-state index in [9.17, 15) is 18.0 Å². The van der Waals surface area contributed by atoms with Crippen LogP contribution in [0.2, 0.25) is 0 Å². The number of hydrogen-bond acceptors (Lipinski definition) is 4. The Bertz CT molecular complexity index is 1160. The maximum Gasteiger partial charge on any atom is 0.417 e. The van der Waals surface area contributed by atoms with Crippen LogP contribution in [0.1, 0.15) is 54.9 Å². The summed E-state index contributed by atoms with van der Waals surface area (Å²) in [7, 11) is 0. The van der Waals surface area contributed by atoms with Crippen LogP contribution in [0.5, 0.6) is 0 Å². The molecular formula is C25H28F3N3O3S2. The second-order valence-electron chi connectivity index (χ2n) is 8.33. The number of urea groups is 1. The zero-order valence-electron chi connectivity index (χ0n) is 19.9. The highest BCUT2D eigenvalue weighted by atomic mass is 32.1. The normalized spacial score (nSPS) is 18.5. The largest absolute Gasteiger partial charge is 0.417 e. The summed E-state index contributed by atoms with van der Waals surface area (Å²) in [5.41, 5.74) is 1.83. The molecule has 36 heavy (non-hydrogen) atoms. The molecule has 1 heterocycles. The summed E-state index contributed by atoms with van der Waals surface area (Å²) in [6.45, 7) is 4.08. The van der Waals surface area contributed by atoms with E-state index in [1.54, 1.807) is 11.0 Å². The van der Waals surface area contributed by atoms with Gasteiger partial charge in [0.1, 0.15) is 0 Å². The second-order valence-corrected chi connectivity index (χ2v) is 8.33. The van der Waals surface area contributed by atoms with Crippen LogP contribution in [0.4, 0.5) is 29.3 Å². The number of fused-ring (bicyclic) bond motifs is 1. The van der Waals surface area contributed by atoms with Crippen molar-refractivity contribution in [3.63, 3.8) is 0 Å². The van der Waals surface area contributed by atoms with Gasteiger partial charge in [0.2, 0.25) is 0 Å². The monoisotopic (exact) mass is 539 g/mol. The molecule has 0 radical (unpaired) electrons. The van der Waals surface area contributed by atoms with Crippen molar-refractivity contribution in [2.45, 2.75) is 64.2 Å². The van der Waals surface area contributed by atoms with Crippen LogP contribution in [-0.4, -0.2) is 24.3 Å². The number of benzene rings is 2. The van der Waals surface area contributed by atoms with E-state index in [1.165, 1.54) is 16.5 Å². The molecule has 1 saturated heterocycles. The maximum atomic E-state index is 13.6. The summed E-state index contributed by atoms with van der Waals surface area (Å²) in [6, 6.07) is 10.5. The van der Waals surface area contributed by atoms with Gasteiger partial charge in [0, 0.05) is 11.4 Å².